The van der Waals surface area contributed by atoms with Crippen LogP contribution in [0.3, 0.4) is 0 Å². The Balaban J connectivity index is 1.42. The number of benzene rings is 2. The van der Waals surface area contributed by atoms with E-state index in [1.807, 2.05) is 48.5 Å². The SMILES string of the molecule is CC(C)(C)[C@@H]1NC(=O)OCCCCCc2cccc(c2)-c2nn(nc2-c2ccccc2)C2C[C@@H](C(=O)N[C@@]3(C(=O)O)C[C@H]3C(F)F)N(C2)C1=O. The minimum Gasteiger partial charge on any atom is -0.479 e. The standard InChI is InChI=1S/C36H42F2N6O6/c1-35(2,3)29-32(46)43-20-24(18-26(43)31(45)40-36(33(47)48)19-25(36)30(37)38)44-41-27(22-13-7-4-8-14-22)28(42-44)23-15-10-12-21(17-23)11-6-5-9-16-50-34(49)39-29/h4,7-8,10,12-15,17,24-26,29-30H,5-6,9,11,16,18-20H2,1-3H3,(H,39,49)(H,40,45)(H,47,48)/t24?,25-,26-,29+,36-/m0/s1. The van der Waals surface area contributed by atoms with Crippen molar-refractivity contribution >= 4 is 23.9 Å². The van der Waals surface area contributed by atoms with Crippen LogP contribution in [0.15, 0.2) is 54.6 Å². The maximum Gasteiger partial charge on any atom is 0.407 e. The van der Waals surface area contributed by atoms with Crippen LogP contribution in [0.1, 0.15) is 64.5 Å². The van der Waals surface area contributed by atoms with Gasteiger partial charge in [-0.2, -0.15) is 15.0 Å². The first-order valence-corrected chi connectivity index (χ1v) is 17.0. The van der Waals surface area contributed by atoms with Gasteiger partial charge in [-0.3, -0.25) is 9.59 Å². The molecule has 14 heteroatoms. The van der Waals surface area contributed by atoms with Gasteiger partial charge in [0.15, 0.2) is 0 Å². The molecule has 5 atom stereocenters. The zero-order valence-corrected chi connectivity index (χ0v) is 28.3. The van der Waals surface area contributed by atoms with E-state index >= 15 is 0 Å². The second-order valence-electron chi connectivity index (χ2n) is 14.5. The summed E-state index contributed by atoms with van der Waals surface area (Å²) in [7, 11) is 0. The van der Waals surface area contributed by atoms with Crippen LogP contribution in [-0.2, 0) is 25.5 Å². The van der Waals surface area contributed by atoms with Gasteiger partial charge in [-0.15, -0.1) is 0 Å². The van der Waals surface area contributed by atoms with Crippen molar-refractivity contribution in [3.05, 3.63) is 60.2 Å². The number of carboxylic acids is 1. The highest BCUT2D eigenvalue weighted by Gasteiger charge is 2.66. The number of carbonyl (C=O) groups is 4. The molecule has 50 heavy (non-hydrogen) atoms. The van der Waals surface area contributed by atoms with Crippen molar-refractivity contribution in [2.75, 3.05) is 13.2 Å². The number of alkyl carbamates (subject to hydrolysis) is 1. The Labute approximate surface area is 288 Å². The molecule has 0 radical (unpaired) electrons. The molecule has 12 nitrogen and oxygen atoms in total. The van der Waals surface area contributed by atoms with E-state index in [0.29, 0.717) is 17.8 Å². The van der Waals surface area contributed by atoms with Gasteiger partial charge in [0.05, 0.1) is 18.6 Å². The fraction of sp³-hybridized carbons (Fsp3) is 0.500. The van der Waals surface area contributed by atoms with Crippen LogP contribution >= 0.6 is 0 Å². The second kappa shape index (κ2) is 13.8. The van der Waals surface area contributed by atoms with Crippen molar-refractivity contribution in [1.82, 2.24) is 30.5 Å². The summed E-state index contributed by atoms with van der Waals surface area (Å²) in [5.41, 5.74) is 0.982. The van der Waals surface area contributed by atoms with E-state index in [1.165, 1.54) is 9.70 Å². The zero-order valence-electron chi connectivity index (χ0n) is 28.3. The van der Waals surface area contributed by atoms with Gasteiger partial charge >= 0.3 is 12.1 Å². The van der Waals surface area contributed by atoms with E-state index < -0.39 is 71.7 Å². The van der Waals surface area contributed by atoms with Crippen LogP contribution in [0.5, 0.6) is 0 Å². The molecule has 1 aliphatic carbocycles. The average molecular weight is 693 g/mol. The molecule has 2 aromatic carbocycles. The third-order valence-electron chi connectivity index (χ3n) is 9.83. The number of hydrogen-bond acceptors (Lipinski definition) is 7. The number of carboxylic acid groups (broad SMARTS) is 1. The minimum absolute atomic E-state index is 0.0314. The van der Waals surface area contributed by atoms with Crippen molar-refractivity contribution in [1.29, 1.82) is 0 Å². The molecule has 2 fully saturated rings. The summed E-state index contributed by atoms with van der Waals surface area (Å²) in [6.07, 6.45) is -1.10. The normalized spacial score (nSPS) is 25.9. The molecule has 1 saturated carbocycles. The number of aromatic nitrogens is 3. The molecule has 6 bridgehead atoms. The molecule has 3 heterocycles. The van der Waals surface area contributed by atoms with Crippen LogP contribution < -0.4 is 10.6 Å². The van der Waals surface area contributed by atoms with Gasteiger partial charge < -0.3 is 25.4 Å². The molecule has 1 aromatic heterocycles. The van der Waals surface area contributed by atoms with Gasteiger partial charge in [0.2, 0.25) is 18.2 Å². The van der Waals surface area contributed by atoms with Crippen LogP contribution in [0.2, 0.25) is 0 Å². The first-order chi connectivity index (χ1) is 23.8. The Morgan fingerprint density at radius 3 is 2.38 bits per heavy atom. The molecule has 3 aromatic rings. The van der Waals surface area contributed by atoms with Crippen molar-refractivity contribution in [3.8, 4) is 22.5 Å². The number of carbonyl (C=O) groups excluding carboxylic acids is 3. The highest BCUT2D eigenvalue weighted by atomic mass is 19.3. The highest BCUT2D eigenvalue weighted by Crippen LogP contribution is 2.48. The Morgan fingerprint density at radius 2 is 1.72 bits per heavy atom. The summed E-state index contributed by atoms with van der Waals surface area (Å²) in [6, 6.07) is 14.5. The van der Waals surface area contributed by atoms with Gasteiger partial charge in [-0.25, -0.2) is 18.4 Å². The number of nitrogens with zero attached hydrogens (tertiary/aromatic N) is 4. The number of alkyl halides is 2. The van der Waals surface area contributed by atoms with Crippen molar-refractivity contribution in [2.45, 2.75) is 89.4 Å². The number of rotatable bonds is 5. The first kappa shape index (κ1) is 35.0. The number of amides is 3. The number of ether oxygens (including phenoxy) is 1. The summed E-state index contributed by atoms with van der Waals surface area (Å²) in [6.45, 7) is 5.35. The first-order valence-electron chi connectivity index (χ1n) is 17.0. The van der Waals surface area contributed by atoms with Gasteiger partial charge in [0, 0.05) is 24.1 Å². The molecule has 3 N–H and O–H groups in total. The molecule has 266 valence electrons. The number of halogens is 2. The van der Waals surface area contributed by atoms with E-state index in [1.54, 1.807) is 20.8 Å². The summed E-state index contributed by atoms with van der Waals surface area (Å²) in [5.74, 6) is -4.62. The molecule has 6 rings (SSSR count). The fourth-order valence-electron chi connectivity index (χ4n) is 6.90. The summed E-state index contributed by atoms with van der Waals surface area (Å²) in [4.78, 5) is 56.1. The number of aliphatic carboxylic acids is 1. The van der Waals surface area contributed by atoms with E-state index in [-0.39, 0.29) is 19.6 Å². The molecule has 0 spiro atoms. The predicted molar refractivity (Wildman–Crippen MR) is 178 cm³/mol. The molecule has 2 aliphatic heterocycles. The van der Waals surface area contributed by atoms with Crippen molar-refractivity contribution in [2.24, 2.45) is 11.3 Å². The number of cyclic esters (lactones) is 1. The van der Waals surface area contributed by atoms with Gasteiger partial charge in [-0.05, 0) is 49.1 Å². The van der Waals surface area contributed by atoms with Gasteiger partial charge in [0.1, 0.15) is 29.0 Å². The Bertz CT molecular complexity index is 1760. The third-order valence-corrected chi connectivity index (χ3v) is 9.83. The van der Waals surface area contributed by atoms with Crippen molar-refractivity contribution < 1.29 is 37.8 Å². The molecular formula is C36H42F2N6O6. The number of nitrogens with one attached hydrogen (secondary N) is 2. The Kier molecular flexibility index (Phi) is 9.65. The van der Waals surface area contributed by atoms with Gasteiger partial charge in [0.25, 0.3) is 0 Å². The molecule has 1 saturated heterocycles. The highest BCUT2D eigenvalue weighted by molar-refractivity contribution is 5.96. The third kappa shape index (κ3) is 7.06. The smallest absolute Gasteiger partial charge is 0.407 e. The maximum atomic E-state index is 14.4. The number of hydrogen-bond donors (Lipinski definition) is 3. The lowest BCUT2D eigenvalue weighted by Crippen LogP contribution is -2.59. The fourth-order valence-corrected chi connectivity index (χ4v) is 6.90. The van der Waals surface area contributed by atoms with Gasteiger partial charge in [-0.1, -0.05) is 69.3 Å². The quantitative estimate of drug-likeness (QED) is 0.343. The van der Waals surface area contributed by atoms with Crippen LogP contribution in [0, 0.1) is 11.3 Å². The lowest BCUT2D eigenvalue weighted by atomic mass is 9.85. The van der Waals surface area contributed by atoms with E-state index in [4.69, 9.17) is 14.9 Å². The van der Waals surface area contributed by atoms with E-state index in [9.17, 15) is 33.1 Å². The average Bonchev–Trinajstić information content (AvgIpc) is 3.41. The largest absolute Gasteiger partial charge is 0.479 e. The number of aryl methyl sites for hydroxylation is 1. The molecule has 3 aliphatic rings. The Morgan fingerprint density at radius 1 is 1.02 bits per heavy atom. The lowest BCUT2D eigenvalue weighted by Gasteiger charge is -2.35. The van der Waals surface area contributed by atoms with Crippen LogP contribution in [-0.4, -0.2) is 86.1 Å². The maximum absolute atomic E-state index is 14.4. The summed E-state index contributed by atoms with van der Waals surface area (Å²) < 4.78 is 32.7. The van der Waals surface area contributed by atoms with E-state index in [0.717, 1.165) is 36.0 Å². The van der Waals surface area contributed by atoms with Crippen molar-refractivity contribution in [3.63, 3.8) is 0 Å². The molecule has 3 amide bonds. The molecular weight excluding hydrogens is 650 g/mol. The minimum atomic E-state index is -2.96. The Hall–Kier alpha value is -4.88. The second-order valence-corrected chi connectivity index (χ2v) is 14.5. The zero-order chi connectivity index (χ0) is 35.8. The van der Waals surface area contributed by atoms with E-state index in [2.05, 4.69) is 16.7 Å². The summed E-state index contributed by atoms with van der Waals surface area (Å²) >= 11 is 0. The lowest BCUT2D eigenvalue weighted by molar-refractivity contribution is -0.147. The topological polar surface area (TPSA) is 156 Å². The van der Waals surface area contributed by atoms with Crippen LogP contribution in [0.4, 0.5) is 13.6 Å². The number of fused-ring (bicyclic) bond motifs is 8. The van der Waals surface area contributed by atoms with Crippen LogP contribution in [0.25, 0.3) is 22.5 Å². The monoisotopic (exact) mass is 692 g/mol. The molecule has 1 unspecified atom stereocenters. The summed E-state index contributed by atoms with van der Waals surface area (Å²) in [5, 5.41) is 24.7. The predicted octanol–water partition coefficient (Wildman–Crippen LogP) is 4.85.